The van der Waals surface area contributed by atoms with Crippen molar-refractivity contribution in [1.82, 2.24) is 0 Å². The van der Waals surface area contributed by atoms with E-state index < -0.39 is 0 Å². The molecular weight excluding hydrogens is 205 g/mol. The fourth-order valence-electron chi connectivity index (χ4n) is 1.48. The summed E-state index contributed by atoms with van der Waals surface area (Å²) in [5, 5.41) is 1.35. The maximum atomic E-state index is 6.03. The molecule has 0 aromatic heterocycles. The first-order valence-electron chi connectivity index (χ1n) is 4.39. The first-order valence-corrected chi connectivity index (χ1v) is 5.14. The van der Waals surface area contributed by atoms with Gasteiger partial charge >= 0.3 is 0 Å². The number of hydrogen-bond donors (Lipinski definition) is 1. The van der Waals surface area contributed by atoms with Gasteiger partial charge in [-0.2, -0.15) is 0 Å². The van der Waals surface area contributed by atoms with Gasteiger partial charge in [0.2, 0.25) is 0 Å². The maximum Gasteiger partial charge on any atom is 0.0468 e. The quantitative estimate of drug-likeness (QED) is 0.805. The number of nitrogens with two attached hydrogens (primary N) is 1. The minimum atomic E-state index is 0.0877. The van der Waals surface area contributed by atoms with Gasteiger partial charge in [-0.15, -0.1) is 0 Å². The Bertz CT molecular complexity index is 321. The highest BCUT2D eigenvalue weighted by molar-refractivity contribution is 6.35. The normalized spacial score (nSPS) is 18.7. The summed E-state index contributed by atoms with van der Waals surface area (Å²) >= 11 is 11.8. The van der Waals surface area contributed by atoms with Crippen LogP contribution in [0.5, 0.6) is 0 Å². The Kier molecular flexibility index (Phi) is 2.50. The maximum absolute atomic E-state index is 6.03. The van der Waals surface area contributed by atoms with Gasteiger partial charge < -0.3 is 5.73 Å². The van der Waals surface area contributed by atoms with Gasteiger partial charge in [-0.3, -0.25) is 0 Å². The zero-order valence-corrected chi connectivity index (χ0v) is 8.65. The van der Waals surface area contributed by atoms with E-state index in [0.29, 0.717) is 16.0 Å². The molecule has 13 heavy (non-hydrogen) atoms. The zero-order chi connectivity index (χ0) is 9.42. The van der Waals surface area contributed by atoms with Crippen molar-refractivity contribution in [1.29, 1.82) is 0 Å². The third-order valence-corrected chi connectivity index (χ3v) is 3.01. The number of rotatable bonds is 2. The smallest absolute Gasteiger partial charge is 0.0468 e. The van der Waals surface area contributed by atoms with Crippen molar-refractivity contribution in [3.8, 4) is 0 Å². The lowest BCUT2D eigenvalue weighted by molar-refractivity contribution is 0.634. The summed E-state index contributed by atoms with van der Waals surface area (Å²) in [6.07, 6.45) is 2.44. The first-order chi connectivity index (χ1) is 6.18. The molecule has 1 fully saturated rings. The lowest BCUT2D eigenvalue weighted by Crippen LogP contribution is -2.12. The molecule has 70 valence electrons. The summed E-state index contributed by atoms with van der Waals surface area (Å²) in [4.78, 5) is 0. The van der Waals surface area contributed by atoms with Gasteiger partial charge in [0.05, 0.1) is 0 Å². The van der Waals surface area contributed by atoms with E-state index in [4.69, 9.17) is 28.9 Å². The molecule has 0 saturated heterocycles. The number of hydrogen-bond acceptors (Lipinski definition) is 1. The molecule has 0 aliphatic heterocycles. The van der Waals surface area contributed by atoms with Gasteiger partial charge in [0.15, 0.2) is 0 Å². The van der Waals surface area contributed by atoms with Crippen molar-refractivity contribution in [2.24, 2.45) is 11.7 Å². The second-order valence-corrected chi connectivity index (χ2v) is 4.37. The Morgan fingerprint density at radius 2 is 2.00 bits per heavy atom. The van der Waals surface area contributed by atoms with Crippen LogP contribution in [0.3, 0.4) is 0 Å². The van der Waals surface area contributed by atoms with Crippen LogP contribution < -0.4 is 5.73 Å². The Balaban J connectivity index is 2.28. The second-order valence-electron chi connectivity index (χ2n) is 3.53. The van der Waals surface area contributed by atoms with E-state index in [1.165, 1.54) is 12.8 Å². The van der Waals surface area contributed by atoms with Crippen LogP contribution >= 0.6 is 23.2 Å². The molecule has 0 heterocycles. The minimum absolute atomic E-state index is 0.0877. The third-order valence-electron chi connectivity index (χ3n) is 2.45. The van der Waals surface area contributed by atoms with Crippen molar-refractivity contribution in [3.05, 3.63) is 33.8 Å². The van der Waals surface area contributed by atoms with E-state index in [1.807, 2.05) is 12.1 Å². The summed E-state index contributed by atoms with van der Waals surface area (Å²) < 4.78 is 0. The van der Waals surface area contributed by atoms with E-state index in [0.717, 1.165) is 5.56 Å². The average Bonchev–Trinajstić information content (AvgIpc) is 2.85. The SMILES string of the molecule is NC(c1ccc(Cl)cc1Cl)C1CC1. The topological polar surface area (TPSA) is 26.0 Å². The van der Waals surface area contributed by atoms with Gasteiger partial charge in [0.1, 0.15) is 0 Å². The molecule has 1 aliphatic rings. The molecule has 0 spiro atoms. The van der Waals surface area contributed by atoms with E-state index in [9.17, 15) is 0 Å². The Morgan fingerprint density at radius 1 is 1.31 bits per heavy atom. The Hall–Kier alpha value is -0.240. The molecule has 2 rings (SSSR count). The summed E-state index contributed by atoms with van der Waals surface area (Å²) in [7, 11) is 0. The fraction of sp³-hybridized carbons (Fsp3) is 0.400. The van der Waals surface area contributed by atoms with Crippen LogP contribution in [0.1, 0.15) is 24.4 Å². The molecule has 3 heteroatoms. The number of halogens is 2. The molecule has 0 amide bonds. The third kappa shape index (κ3) is 1.98. The monoisotopic (exact) mass is 215 g/mol. The summed E-state index contributed by atoms with van der Waals surface area (Å²) in [6.45, 7) is 0. The molecule has 1 nitrogen and oxygen atoms in total. The standard InChI is InChI=1S/C10H11Cl2N/c11-7-3-4-8(9(12)5-7)10(13)6-1-2-6/h3-6,10H,1-2,13H2. The molecule has 1 aromatic rings. The highest BCUT2D eigenvalue weighted by atomic mass is 35.5. The average molecular weight is 216 g/mol. The first kappa shape index (κ1) is 9.32. The minimum Gasteiger partial charge on any atom is -0.324 e. The van der Waals surface area contributed by atoms with Crippen molar-refractivity contribution in [3.63, 3.8) is 0 Å². The van der Waals surface area contributed by atoms with Crippen molar-refractivity contribution in [2.75, 3.05) is 0 Å². The van der Waals surface area contributed by atoms with Gasteiger partial charge in [0.25, 0.3) is 0 Å². The van der Waals surface area contributed by atoms with E-state index in [2.05, 4.69) is 0 Å². The molecule has 1 saturated carbocycles. The van der Waals surface area contributed by atoms with Crippen molar-refractivity contribution in [2.45, 2.75) is 18.9 Å². The summed E-state index contributed by atoms with van der Waals surface area (Å²) in [5.41, 5.74) is 7.05. The molecule has 2 N–H and O–H groups in total. The van der Waals surface area contributed by atoms with Crippen LogP contribution in [0.4, 0.5) is 0 Å². The fourth-order valence-corrected chi connectivity index (χ4v) is 2.02. The Morgan fingerprint density at radius 3 is 2.54 bits per heavy atom. The Labute approximate surface area is 87.8 Å². The van der Waals surface area contributed by atoms with Crippen molar-refractivity contribution >= 4 is 23.2 Å². The van der Waals surface area contributed by atoms with Crippen LogP contribution in [0.15, 0.2) is 18.2 Å². The zero-order valence-electron chi connectivity index (χ0n) is 7.13. The number of benzene rings is 1. The lowest BCUT2D eigenvalue weighted by atomic mass is 10.0. The molecule has 1 aromatic carbocycles. The highest BCUT2D eigenvalue weighted by Crippen LogP contribution is 2.41. The summed E-state index contributed by atoms with van der Waals surface area (Å²) in [6, 6.07) is 5.60. The van der Waals surface area contributed by atoms with Crippen molar-refractivity contribution < 1.29 is 0 Å². The molecular formula is C10H11Cl2N. The van der Waals surface area contributed by atoms with Crippen LogP contribution in [-0.2, 0) is 0 Å². The molecule has 0 bridgehead atoms. The van der Waals surface area contributed by atoms with E-state index in [-0.39, 0.29) is 6.04 Å². The van der Waals surface area contributed by atoms with Crippen LogP contribution in [0, 0.1) is 5.92 Å². The molecule has 1 atom stereocenters. The van der Waals surface area contributed by atoms with Gasteiger partial charge in [-0.1, -0.05) is 29.3 Å². The van der Waals surface area contributed by atoms with E-state index >= 15 is 0 Å². The van der Waals surface area contributed by atoms with E-state index in [1.54, 1.807) is 6.07 Å². The second kappa shape index (κ2) is 3.49. The highest BCUT2D eigenvalue weighted by Gasteiger charge is 2.30. The predicted octanol–water partition coefficient (Wildman–Crippen LogP) is 3.40. The van der Waals surface area contributed by atoms with Crippen LogP contribution in [0.25, 0.3) is 0 Å². The predicted molar refractivity (Wildman–Crippen MR) is 56.1 cm³/mol. The van der Waals surface area contributed by atoms with Gasteiger partial charge in [-0.25, -0.2) is 0 Å². The molecule has 0 radical (unpaired) electrons. The molecule has 1 aliphatic carbocycles. The lowest BCUT2D eigenvalue weighted by Gasteiger charge is -2.12. The van der Waals surface area contributed by atoms with Crippen LogP contribution in [-0.4, -0.2) is 0 Å². The van der Waals surface area contributed by atoms with Crippen LogP contribution in [0.2, 0.25) is 10.0 Å². The largest absolute Gasteiger partial charge is 0.324 e. The molecule has 1 unspecified atom stereocenters. The van der Waals surface area contributed by atoms with Gasteiger partial charge in [-0.05, 0) is 36.5 Å². The summed E-state index contributed by atoms with van der Waals surface area (Å²) in [5.74, 6) is 0.624. The van der Waals surface area contributed by atoms with Gasteiger partial charge in [0, 0.05) is 16.1 Å².